The average molecular weight is 347 g/mol. The molecule has 3 atom stereocenters. The van der Waals surface area contributed by atoms with E-state index in [2.05, 4.69) is 4.98 Å². The number of hydrogen-bond acceptors (Lipinski definition) is 6. The van der Waals surface area contributed by atoms with Gasteiger partial charge in [-0.15, -0.1) is 0 Å². The summed E-state index contributed by atoms with van der Waals surface area (Å²) in [6, 6.07) is 9.21. The van der Waals surface area contributed by atoms with Crippen molar-refractivity contribution in [3.63, 3.8) is 0 Å². The first-order valence-electron chi connectivity index (χ1n) is 8.06. The third-order valence-electron chi connectivity index (χ3n) is 4.18. The maximum absolute atomic E-state index is 12.1. The van der Waals surface area contributed by atoms with E-state index in [-0.39, 0.29) is 19.3 Å². The number of aliphatic hydroxyl groups is 1. The lowest BCUT2D eigenvalue weighted by Gasteiger charge is -2.15. The summed E-state index contributed by atoms with van der Waals surface area (Å²) >= 11 is 0. The summed E-state index contributed by atoms with van der Waals surface area (Å²) in [7, 11) is 0. The lowest BCUT2D eigenvalue weighted by molar-refractivity contribution is -0.0274. The minimum Gasteiger partial charge on any atom is -0.394 e. The number of nitrogens with zero attached hydrogens (tertiary/aromatic N) is 1. The molecule has 1 fully saturated rings. The van der Waals surface area contributed by atoms with Gasteiger partial charge in [-0.2, -0.15) is 0 Å². The van der Waals surface area contributed by atoms with Gasteiger partial charge in [0.05, 0.1) is 31.5 Å². The van der Waals surface area contributed by atoms with Gasteiger partial charge in [0.1, 0.15) is 6.23 Å². The molecule has 1 aromatic carbocycles. The lowest BCUT2D eigenvalue weighted by atomic mass is 10.1. The third-order valence-corrected chi connectivity index (χ3v) is 4.18. The van der Waals surface area contributed by atoms with E-state index in [1.807, 2.05) is 30.3 Å². The van der Waals surface area contributed by atoms with E-state index in [9.17, 15) is 14.7 Å². The Kier molecular flexibility index (Phi) is 5.44. The van der Waals surface area contributed by atoms with Crippen LogP contribution in [-0.2, 0) is 22.7 Å². The predicted octanol–water partition coefficient (Wildman–Crippen LogP) is -0.140. The number of H-pyrrole nitrogens is 1. The molecule has 1 saturated heterocycles. The molecule has 0 amide bonds. The topological polar surface area (TPSA) is 120 Å². The van der Waals surface area contributed by atoms with Gasteiger partial charge in [0, 0.05) is 18.7 Å². The van der Waals surface area contributed by atoms with Gasteiger partial charge in [-0.25, -0.2) is 4.79 Å². The first-order chi connectivity index (χ1) is 12.1. The molecule has 1 aliphatic heterocycles. The standard InChI is InChI=1S/C17H21N3O5/c18-13-6-15(25-14(13)8-21)20-7-12(16(22)19-17(20)23)10-24-9-11-4-2-1-3-5-11/h1-5,7,13-15,21H,6,8-10,18H2,(H,19,22,23)/t13-,14+,15+/m0/s1. The minimum atomic E-state index is -0.621. The van der Waals surface area contributed by atoms with Crippen molar-refractivity contribution in [2.24, 2.45) is 5.73 Å². The highest BCUT2D eigenvalue weighted by molar-refractivity contribution is 5.13. The van der Waals surface area contributed by atoms with E-state index in [1.54, 1.807) is 0 Å². The van der Waals surface area contributed by atoms with Gasteiger partial charge in [-0.05, 0) is 5.56 Å². The molecule has 2 aromatic rings. The van der Waals surface area contributed by atoms with Crippen molar-refractivity contribution < 1.29 is 14.6 Å². The summed E-state index contributed by atoms with van der Waals surface area (Å²) in [6.07, 6.45) is 0.663. The van der Waals surface area contributed by atoms with Crippen LogP contribution < -0.4 is 17.0 Å². The Morgan fingerprint density at radius 1 is 1.28 bits per heavy atom. The van der Waals surface area contributed by atoms with Gasteiger partial charge >= 0.3 is 5.69 Å². The highest BCUT2D eigenvalue weighted by Gasteiger charge is 2.34. The summed E-state index contributed by atoms with van der Waals surface area (Å²) in [5.41, 5.74) is 6.12. The van der Waals surface area contributed by atoms with E-state index >= 15 is 0 Å². The minimum absolute atomic E-state index is 0.0622. The number of nitrogens with one attached hydrogen (secondary N) is 1. The number of aromatic nitrogens is 2. The first-order valence-corrected chi connectivity index (χ1v) is 8.06. The van der Waals surface area contributed by atoms with Crippen molar-refractivity contribution >= 4 is 0 Å². The Morgan fingerprint density at radius 3 is 2.72 bits per heavy atom. The number of aliphatic hydroxyl groups excluding tert-OH is 1. The van der Waals surface area contributed by atoms with E-state index < -0.39 is 23.6 Å². The van der Waals surface area contributed by atoms with Crippen molar-refractivity contribution in [1.82, 2.24) is 9.55 Å². The zero-order valence-electron chi connectivity index (χ0n) is 13.6. The highest BCUT2D eigenvalue weighted by atomic mass is 16.5. The molecule has 8 heteroatoms. The Morgan fingerprint density at radius 2 is 2.04 bits per heavy atom. The summed E-state index contributed by atoms with van der Waals surface area (Å²) in [5, 5.41) is 9.22. The van der Waals surface area contributed by atoms with Gasteiger partial charge < -0.3 is 20.3 Å². The fraction of sp³-hybridized carbons (Fsp3) is 0.412. The molecule has 2 heterocycles. The van der Waals surface area contributed by atoms with Gasteiger partial charge in [0.15, 0.2) is 0 Å². The molecule has 0 saturated carbocycles. The van der Waals surface area contributed by atoms with Crippen molar-refractivity contribution in [3.05, 3.63) is 68.5 Å². The van der Waals surface area contributed by atoms with Gasteiger partial charge in [0.2, 0.25) is 0 Å². The number of nitrogens with two attached hydrogens (primary N) is 1. The molecule has 0 bridgehead atoms. The number of ether oxygens (including phenoxy) is 2. The summed E-state index contributed by atoms with van der Waals surface area (Å²) in [4.78, 5) is 26.3. The lowest BCUT2D eigenvalue weighted by Crippen LogP contribution is -2.34. The largest absolute Gasteiger partial charge is 0.394 e. The highest BCUT2D eigenvalue weighted by Crippen LogP contribution is 2.26. The molecule has 1 aromatic heterocycles. The van der Waals surface area contributed by atoms with Crippen LogP contribution in [0.15, 0.2) is 46.1 Å². The van der Waals surface area contributed by atoms with Crippen molar-refractivity contribution in [2.45, 2.75) is 38.0 Å². The van der Waals surface area contributed by atoms with Crippen LogP contribution in [-0.4, -0.2) is 33.4 Å². The van der Waals surface area contributed by atoms with Gasteiger partial charge in [-0.1, -0.05) is 30.3 Å². The number of benzene rings is 1. The Hall–Kier alpha value is -2.26. The van der Waals surface area contributed by atoms with Crippen LogP contribution in [0.3, 0.4) is 0 Å². The molecule has 0 aliphatic carbocycles. The Balaban J connectivity index is 1.72. The summed E-state index contributed by atoms with van der Waals surface area (Å²) in [6.45, 7) is 0.201. The molecular formula is C17H21N3O5. The fourth-order valence-electron chi connectivity index (χ4n) is 2.80. The molecule has 25 heavy (non-hydrogen) atoms. The molecule has 0 radical (unpaired) electrons. The summed E-state index contributed by atoms with van der Waals surface area (Å²) in [5.74, 6) is 0. The molecule has 0 spiro atoms. The summed E-state index contributed by atoms with van der Waals surface area (Å²) < 4.78 is 12.4. The third kappa shape index (κ3) is 4.05. The van der Waals surface area contributed by atoms with E-state index in [0.717, 1.165) is 5.56 Å². The fourth-order valence-corrected chi connectivity index (χ4v) is 2.80. The quantitative estimate of drug-likeness (QED) is 0.669. The maximum atomic E-state index is 12.1. The number of aromatic amines is 1. The van der Waals surface area contributed by atoms with E-state index in [0.29, 0.717) is 18.6 Å². The SMILES string of the molecule is N[C@H]1C[C@H](n2cc(COCc3ccccc3)c(=O)[nH]c2=O)O[C@@H]1CO. The monoisotopic (exact) mass is 347 g/mol. The molecule has 134 valence electrons. The van der Waals surface area contributed by atoms with Crippen LogP contribution in [0.25, 0.3) is 0 Å². The molecule has 1 aliphatic rings. The maximum Gasteiger partial charge on any atom is 0.330 e. The van der Waals surface area contributed by atoms with Gasteiger partial charge in [-0.3, -0.25) is 14.3 Å². The zero-order chi connectivity index (χ0) is 17.8. The first kappa shape index (κ1) is 17.6. The second-order valence-corrected chi connectivity index (χ2v) is 6.01. The average Bonchev–Trinajstić information content (AvgIpc) is 2.98. The molecular weight excluding hydrogens is 326 g/mol. The van der Waals surface area contributed by atoms with Crippen LogP contribution in [0.2, 0.25) is 0 Å². The second-order valence-electron chi connectivity index (χ2n) is 6.01. The van der Waals surface area contributed by atoms with Crippen LogP contribution in [0.4, 0.5) is 0 Å². The van der Waals surface area contributed by atoms with Gasteiger partial charge in [0.25, 0.3) is 5.56 Å². The normalized spacial score (nSPS) is 23.0. The zero-order valence-corrected chi connectivity index (χ0v) is 13.6. The smallest absolute Gasteiger partial charge is 0.330 e. The second kappa shape index (κ2) is 7.75. The molecule has 3 rings (SSSR count). The van der Waals surface area contributed by atoms with Crippen LogP contribution in [0, 0.1) is 0 Å². The van der Waals surface area contributed by atoms with E-state index in [4.69, 9.17) is 15.2 Å². The van der Waals surface area contributed by atoms with Crippen molar-refractivity contribution in [1.29, 1.82) is 0 Å². The Labute approximate surface area is 143 Å². The van der Waals surface area contributed by atoms with Crippen molar-refractivity contribution in [2.75, 3.05) is 6.61 Å². The number of rotatable bonds is 6. The molecule has 8 nitrogen and oxygen atoms in total. The Bertz CT molecular complexity index is 817. The van der Waals surface area contributed by atoms with Crippen LogP contribution in [0.1, 0.15) is 23.8 Å². The van der Waals surface area contributed by atoms with E-state index in [1.165, 1.54) is 10.8 Å². The van der Waals surface area contributed by atoms with Crippen LogP contribution >= 0.6 is 0 Å². The van der Waals surface area contributed by atoms with Crippen molar-refractivity contribution in [3.8, 4) is 0 Å². The number of hydrogen-bond donors (Lipinski definition) is 3. The predicted molar refractivity (Wildman–Crippen MR) is 89.8 cm³/mol. The molecule has 4 N–H and O–H groups in total. The molecule has 0 unspecified atom stereocenters. The van der Waals surface area contributed by atoms with Crippen LogP contribution in [0.5, 0.6) is 0 Å².